The van der Waals surface area contributed by atoms with Gasteiger partial charge >= 0.3 is 11.9 Å². The zero-order chi connectivity index (χ0) is 17.2. The molecule has 2 aliphatic carbocycles. The Kier molecular flexibility index (Phi) is 3.21. The molecule has 1 aromatic rings. The lowest BCUT2D eigenvalue weighted by Crippen LogP contribution is -2.51. The van der Waals surface area contributed by atoms with Gasteiger partial charge in [-0.3, -0.25) is 4.79 Å². The van der Waals surface area contributed by atoms with E-state index in [0.717, 1.165) is 29.7 Å². The van der Waals surface area contributed by atoms with Gasteiger partial charge in [0.1, 0.15) is 23.9 Å². The summed E-state index contributed by atoms with van der Waals surface area (Å²) in [7, 11) is 0. The molecular weight excluding hydrogens is 308 g/mol. The molecule has 0 aromatic carbocycles. The van der Waals surface area contributed by atoms with E-state index in [1.165, 1.54) is 0 Å². The van der Waals surface area contributed by atoms with Crippen molar-refractivity contribution in [2.24, 2.45) is 17.3 Å². The van der Waals surface area contributed by atoms with E-state index in [4.69, 9.17) is 13.9 Å². The van der Waals surface area contributed by atoms with Crippen LogP contribution in [-0.4, -0.2) is 18.0 Å². The maximum atomic E-state index is 12.7. The highest BCUT2D eigenvalue weighted by molar-refractivity contribution is 5.87. The minimum Gasteiger partial charge on any atom is -0.469 e. The van der Waals surface area contributed by atoms with Crippen molar-refractivity contribution in [3.05, 3.63) is 35.3 Å². The summed E-state index contributed by atoms with van der Waals surface area (Å²) in [6.07, 6.45) is 3.35. The van der Waals surface area contributed by atoms with Crippen molar-refractivity contribution in [3.63, 3.8) is 0 Å². The molecule has 5 atom stereocenters. The monoisotopic (exact) mass is 330 g/mol. The van der Waals surface area contributed by atoms with Gasteiger partial charge < -0.3 is 13.9 Å². The Labute approximate surface area is 141 Å². The predicted molar refractivity (Wildman–Crippen MR) is 85.0 cm³/mol. The van der Waals surface area contributed by atoms with Gasteiger partial charge in [-0.1, -0.05) is 13.5 Å². The van der Waals surface area contributed by atoms with Crippen LogP contribution in [0.4, 0.5) is 0 Å². The summed E-state index contributed by atoms with van der Waals surface area (Å²) in [5.41, 5.74) is 2.01. The number of rotatable bonds is 2. The van der Waals surface area contributed by atoms with Gasteiger partial charge in [-0.25, -0.2) is 4.79 Å². The van der Waals surface area contributed by atoms with Crippen molar-refractivity contribution in [1.29, 1.82) is 0 Å². The number of hydrogen-bond donors (Lipinski definition) is 0. The molecular formula is C19H22O5. The molecule has 2 fully saturated rings. The molecule has 5 heteroatoms. The van der Waals surface area contributed by atoms with Gasteiger partial charge in [0.05, 0.1) is 6.26 Å². The third-order valence-electron chi connectivity index (χ3n) is 6.18. The summed E-state index contributed by atoms with van der Waals surface area (Å²) in [6, 6.07) is 0. The first-order valence-corrected chi connectivity index (χ1v) is 8.47. The van der Waals surface area contributed by atoms with Gasteiger partial charge in [0.15, 0.2) is 0 Å². The van der Waals surface area contributed by atoms with Gasteiger partial charge in [-0.2, -0.15) is 0 Å². The zero-order valence-corrected chi connectivity index (χ0v) is 14.3. The normalized spacial score (nSPS) is 36.5. The van der Waals surface area contributed by atoms with Crippen molar-refractivity contribution >= 4 is 11.9 Å². The lowest BCUT2D eigenvalue weighted by molar-refractivity contribution is -0.159. The molecule has 0 bridgehead atoms. The Morgan fingerprint density at radius 3 is 2.88 bits per heavy atom. The summed E-state index contributed by atoms with van der Waals surface area (Å²) in [5, 5.41) is 0. The number of carbonyl (C=O) groups is 2. The summed E-state index contributed by atoms with van der Waals surface area (Å²) in [5.74, 6) is 0.101. The summed E-state index contributed by atoms with van der Waals surface area (Å²) in [4.78, 5) is 24.7. The van der Waals surface area contributed by atoms with Gasteiger partial charge in [0.25, 0.3) is 0 Å². The van der Waals surface area contributed by atoms with Crippen LogP contribution in [0.1, 0.15) is 49.7 Å². The lowest BCUT2D eigenvalue weighted by Gasteiger charge is -2.48. The van der Waals surface area contributed by atoms with Crippen LogP contribution in [0.5, 0.6) is 0 Å². The van der Waals surface area contributed by atoms with Gasteiger partial charge in [0, 0.05) is 23.0 Å². The van der Waals surface area contributed by atoms with Crippen LogP contribution in [0.3, 0.4) is 0 Å². The number of aryl methyl sites for hydroxylation is 1. The van der Waals surface area contributed by atoms with E-state index >= 15 is 0 Å². The van der Waals surface area contributed by atoms with E-state index in [9.17, 15) is 9.59 Å². The van der Waals surface area contributed by atoms with E-state index in [1.54, 1.807) is 13.2 Å². The molecule has 1 saturated carbocycles. The number of hydrogen-bond acceptors (Lipinski definition) is 5. The molecule has 0 N–H and O–H groups in total. The molecule has 24 heavy (non-hydrogen) atoms. The van der Waals surface area contributed by atoms with Crippen LogP contribution < -0.4 is 0 Å². The largest absolute Gasteiger partial charge is 0.469 e. The number of esters is 2. The Hall–Kier alpha value is -2.04. The van der Waals surface area contributed by atoms with Gasteiger partial charge in [-0.05, 0) is 38.2 Å². The molecule has 0 spiro atoms. The predicted octanol–water partition coefficient (Wildman–Crippen LogP) is 3.26. The number of furan rings is 1. The maximum Gasteiger partial charge on any atom is 0.333 e. The highest BCUT2D eigenvalue weighted by Gasteiger charge is 2.66. The third kappa shape index (κ3) is 1.87. The van der Waals surface area contributed by atoms with Crippen LogP contribution in [0.15, 0.2) is 22.8 Å². The minimum atomic E-state index is -0.443. The van der Waals surface area contributed by atoms with E-state index < -0.39 is 18.0 Å². The maximum absolute atomic E-state index is 12.7. The summed E-state index contributed by atoms with van der Waals surface area (Å²) < 4.78 is 17.1. The molecule has 1 aromatic heterocycles. The van der Waals surface area contributed by atoms with Crippen LogP contribution in [0, 0.1) is 24.2 Å². The highest BCUT2D eigenvalue weighted by Crippen LogP contribution is 2.63. The molecule has 1 saturated heterocycles. The topological polar surface area (TPSA) is 65.7 Å². The number of fused-ring (bicyclic) bond motifs is 2. The quantitative estimate of drug-likeness (QED) is 0.615. The van der Waals surface area contributed by atoms with Crippen molar-refractivity contribution in [2.45, 2.75) is 52.2 Å². The Bertz CT molecular complexity index is 745. The molecule has 1 aliphatic heterocycles. The molecule has 2 heterocycles. The zero-order valence-electron chi connectivity index (χ0n) is 14.3. The second kappa shape index (κ2) is 4.98. The smallest absolute Gasteiger partial charge is 0.333 e. The summed E-state index contributed by atoms with van der Waals surface area (Å²) in [6.45, 7) is 9.34. The average molecular weight is 330 g/mol. The SMILES string of the molecule is C=C(C)C(=O)O[C@H]1CC[C@@H]2Cc3occ(C)c3[C@@H]3OC(=O)[C@H]1[C@]23C. The fourth-order valence-electron chi connectivity index (χ4n) is 4.90. The second-order valence-electron chi connectivity index (χ2n) is 7.62. The Balaban J connectivity index is 1.74. The van der Waals surface area contributed by atoms with E-state index in [0.29, 0.717) is 12.0 Å². The number of ether oxygens (including phenoxy) is 2. The fourth-order valence-corrected chi connectivity index (χ4v) is 4.90. The average Bonchev–Trinajstić information content (AvgIpc) is 3.00. The molecule has 0 radical (unpaired) electrons. The Morgan fingerprint density at radius 2 is 2.17 bits per heavy atom. The molecule has 128 valence electrons. The van der Waals surface area contributed by atoms with Crippen molar-refractivity contribution < 1.29 is 23.5 Å². The fraction of sp³-hybridized carbons (Fsp3) is 0.579. The minimum absolute atomic E-state index is 0.264. The van der Waals surface area contributed by atoms with E-state index in [1.807, 2.05) is 6.92 Å². The van der Waals surface area contributed by atoms with E-state index in [2.05, 4.69) is 13.5 Å². The van der Waals surface area contributed by atoms with Crippen LogP contribution in [-0.2, 0) is 25.5 Å². The lowest BCUT2D eigenvalue weighted by atomic mass is 9.54. The van der Waals surface area contributed by atoms with E-state index in [-0.39, 0.29) is 23.4 Å². The molecule has 5 nitrogen and oxygen atoms in total. The molecule has 4 rings (SSSR count). The third-order valence-corrected chi connectivity index (χ3v) is 6.18. The molecule has 3 aliphatic rings. The highest BCUT2D eigenvalue weighted by atomic mass is 16.6. The van der Waals surface area contributed by atoms with Crippen LogP contribution >= 0.6 is 0 Å². The molecule has 0 amide bonds. The van der Waals surface area contributed by atoms with Gasteiger partial charge in [0.2, 0.25) is 0 Å². The summed E-state index contributed by atoms with van der Waals surface area (Å²) >= 11 is 0. The second-order valence-corrected chi connectivity index (χ2v) is 7.62. The first-order valence-electron chi connectivity index (χ1n) is 8.47. The van der Waals surface area contributed by atoms with Gasteiger partial charge in [-0.15, -0.1) is 0 Å². The van der Waals surface area contributed by atoms with Crippen molar-refractivity contribution in [3.8, 4) is 0 Å². The molecule has 0 unspecified atom stereocenters. The van der Waals surface area contributed by atoms with Crippen LogP contribution in [0.25, 0.3) is 0 Å². The van der Waals surface area contributed by atoms with Crippen molar-refractivity contribution in [2.75, 3.05) is 0 Å². The van der Waals surface area contributed by atoms with Crippen LogP contribution in [0.2, 0.25) is 0 Å². The first-order chi connectivity index (χ1) is 11.3. The van der Waals surface area contributed by atoms with Crippen molar-refractivity contribution in [1.82, 2.24) is 0 Å². The standard InChI is InChI=1S/C19H22O5/c1-9(2)17(20)23-12-6-5-11-7-13-14(10(3)8-22-13)16-19(11,4)15(12)18(21)24-16/h8,11-12,15-16H,1,5-7H2,2-4H3/t11-,12+,15+,16+,19+/m1/s1. The Morgan fingerprint density at radius 1 is 1.42 bits per heavy atom. The number of carbonyl (C=O) groups excluding carboxylic acids is 2. The first kappa shape index (κ1) is 15.5.